The van der Waals surface area contributed by atoms with Gasteiger partial charge in [-0.2, -0.15) is 0 Å². The molecule has 1 saturated heterocycles. The summed E-state index contributed by atoms with van der Waals surface area (Å²) in [5.41, 5.74) is 8.41. The van der Waals surface area contributed by atoms with Crippen molar-refractivity contribution < 1.29 is 4.79 Å². The molecule has 3 N–H and O–H groups in total. The summed E-state index contributed by atoms with van der Waals surface area (Å²) in [4.78, 5) is 26.6. The van der Waals surface area contributed by atoms with Crippen LogP contribution in [-0.2, 0) is 6.54 Å². The van der Waals surface area contributed by atoms with E-state index in [0.717, 1.165) is 43.1 Å². The number of hydrogen-bond acceptors (Lipinski definition) is 6. The Morgan fingerprint density at radius 1 is 1.29 bits per heavy atom. The lowest BCUT2D eigenvalue weighted by Gasteiger charge is -2.21. The number of nitrogens with one attached hydrogen (secondary N) is 1. The van der Waals surface area contributed by atoms with Crippen molar-refractivity contribution >= 4 is 22.5 Å². The quantitative estimate of drug-likeness (QED) is 0.708. The van der Waals surface area contributed by atoms with Crippen LogP contribution in [0.3, 0.4) is 0 Å². The number of carbonyl (C=O) groups is 1. The zero-order valence-electron chi connectivity index (χ0n) is 16.1. The third-order valence-corrected chi connectivity index (χ3v) is 5.43. The average molecular weight is 376 g/mol. The predicted molar refractivity (Wildman–Crippen MR) is 109 cm³/mol. The maximum Gasteiger partial charge on any atom is 0.286 e. The number of hydrogen-bond donors (Lipinski definition) is 2. The number of rotatable bonds is 5. The van der Waals surface area contributed by atoms with Crippen molar-refractivity contribution in [2.75, 3.05) is 18.0 Å². The topological polar surface area (TPSA) is 97.0 Å². The molecule has 1 amide bonds. The maximum absolute atomic E-state index is 11.5. The zero-order chi connectivity index (χ0) is 19.7. The molecule has 0 spiro atoms. The van der Waals surface area contributed by atoms with Gasteiger partial charge in [-0.15, -0.1) is 0 Å². The molecule has 0 bridgehead atoms. The Bertz CT molecular complexity index is 1030. The van der Waals surface area contributed by atoms with E-state index in [1.165, 1.54) is 16.3 Å². The fourth-order valence-corrected chi connectivity index (χ4v) is 3.74. The lowest BCUT2D eigenvalue weighted by molar-refractivity contribution is 0.0990. The van der Waals surface area contributed by atoms with Crippen LogP contribution in [0.4, 0.5) is 5.82 Å². The molecule has 4 rings (SSSR count). The molecule has 0 radical (unpaired) electrons. The third kappa shape index (κ3) is 3.53. The van der Waals surface area contributed by atoms with Gasteiger partial charge in [0.1, 0.15) is 5.82 Å². The highest BCUT2D eigenvalue weighted by Gasteiger charge is 2.26. The van der Waals surface area contributed by atoms with E-state index in [1.807, 2.05) is 32.3 Å². The summed E-state index contributed by atoms with van der Waals surface area (Å²) in [7, 11) is 0. The zero-order valence-corrected chi connectivity index (χ0v) is 16.1. The minimum Gasteiger partial charge on any atom is -0.363 e. The van der Waals surface area contributed by atoms with Gasteiger partial charge in [-0.05, 0) is 37.3 Å². The van der Waals surface area contributed by atoms with Gasteiger partial charge in [-0.1, -0.05) is 18.2 Å². The third-order valence-electron chi connectivity index (χ3n) is 5.43. The number of aromatic nitrogens is 3. The van der Waals surface area contributed by atoms with Gasteiger partial charge in [0.15, 0.2) is 0 Å². The number of fused-ring (bicyclic) bond motifs is 1. The van der Waals surface area contributed by atoms with E-state index >= 15 is 0 Å². The molecule has 144 valence electrons. The largest absolute Gasteiger partial charge is 0.363 e. The minimum atomic E-state index is -0.595. The van der Waals surface area contributed by atoms with Crippen LogP contribution in [0.15, 0.2) is 36.7 Å². The molecule has 0 saturated carbocycles. The van der Waals surface area contributed by atoms with E-state index in [9.17, 15) is 4.79 Å². The number of anilines is 1. The normalized spacial score (nSPS) is 16.6. The lowest BCUT2D eigenvalue weighted by Crippen LogP contribution is -2.33. The molecule has 1 aromatic carbocycles. The highest BCUT2D eigenvalue weighted by atomic mass is 16.1. The summed E-state index contributed by atoms with van der Waals surface area (Å²) in [6.45, 7) is 6.37. The molecule has 1 aliphatic rings. The van der Waals surface area contributed by atoms with Gasteiger partial charge in [0.25, 0.3) is 5.91 Å². The van der Waals surface area contributed by atoms with Crippen LogP contribution < -0.4 is 16.0 Å². The number of nitrogens with zero attached hydrogens (tertiary/aromatic N) is 4. The van der Waals surface area contributed by atoms with E-state index in [2.05, 4.69) is 43.4 Å². The van der Waals surface area contributed by atoms with Gasteiger partial charge < -0.3 is 16.0 Å². The van der Waals surface area contributed by atoms with Crippen LogP contribution in [0.2, 0.25) is 0 Å². The first-order valence-electron chi connectivity index (χ1n) is 9.48. The van der Waals surface area contributed by atoms with Crippen molar-refractivity contribution in [3.05, 3.63) is 59.3 Å². The number of benzene rings is 1. The van der Waals surface area contributed by atoms with Gasteiger partial charge in [0.2, 0.25) is 5.82 Å². The van der Waals surface area contributed by atoms with E-state index in [1.54, 1.807) is 0 Å². The first-order valence-corrected chi connectivity index (χ1v) is 9.48. The van der Waals surface area contributed by atoms with Crippen molar-refractivity contribution in [2.24, 2.45) is 5.73 Å². The van der Waals surface area contributed by atoms with Gasteiger partial charge in [0.05, 0.1) is 0 Å². The average Bonchev–Trinajstić information content (AvgIpc) is 3.17. The van der Waals surface area contributed by atoms with E-state index in [-0.39, 0.29) is 5.82 Å². The Hall–Kier alpha value is -3.06. The minimum absolute atomic E-state index is 0.0813. The molecule has 7 heteroatoms. The second kappa shape index (κ2) is 7.52. The summed E-state index contributed by atoms with van der Waals surface area (Å²) in [5, 5.41) is 6.04. The fraction of sp³-hybridized carbons (Fsp3) is 0.333. The van der Waals surface area contributed by atoms with Crippen LogP contribution in [-0.4, -0.2) is 40.0 Å². The first-order chi connectivity index (χ1) is 13.5. The summed E-state index contributed by atoms with van der Waals surface area (Å²) >= 11 is 0. The molecule has 2 aromatic heterocycles. The summed E-state index contributed by atoms with van der Waals surface area (Å²) < 4.78 is 0. The van der Waals surface area contributed by atoms with Crippen molar-refractivity contribution in [1.82, 2.24) is 20.3 Å². The lowest BCUT2D eigenvalue weighted by atomic mass is 10.1. The second-order valence-electron chi connectivity index (χ2n) is 7.27. The molecule has 3 aromatic rings. The maximum atomic E-state index is 11.5. The molecular formula is C21H24N6O. The molecule has 0 aliphatic carbocycles. The number of pyridine rings is 1. The van der Waals surface area contributed by atoms with Crippen LogP contribution in [0.1, 0.15) is 33.9 Å². The van der Waals surface area contributed by atoms with E-state index in [0.29, 0.717) is 6.04 Å². The van der Waals surface area contributed by atoms with E-state index in [4.69, 9.17) is 5.73 Å². The number of amides is 1. The van der Waals surface area contributed by atoms with Crippen LogP contribution in [0.5, 0.6) is 0 Å². The smallest absolute Gasteiger partial charge is 0.286 e. The molecule has 1 aliphatic heterocycles. The Kier molecular flexibility index (Phi) is 4.92. The summed E-state index contributed by atoms with van der Waals surface area (Å²) in [6.07, 6.45) is 4.75. The molecule has 3 heterocycles. The van der Waals surface area contributed by atoms with Crippen LogP contribution >= 0.6 is 0 Å². The standard InChI is InChI=1S/C21H24N6O/c1-13-14(2)25-20(19(22)28)26-21(13)27-9-7-17(12-27)24-10-16-5-3-4-15-6-8-23-11-18(15)16/h3-6,8,11,17,24H,7,9-10,12H2,1-2H3,(H2,22,28)/t17-/m1/s1. The van der Waals surface area contributed by atoms with Crippen molar-refractivity contribution in [3.8, 4) is 0 Å². The molecule has 28 heavy (non-hydrogen) atoms. The number of primary amides is 1. The highest BCUT2D eigenvalue weighted by Crippen LogP contribution is 2.24. The Labute approximate surface area is 164 Å². The van der Waals surface area contributed by atoms with Crippen molar-refractivity contribution in [1.29, 1.82) is 0 Å². The van der Waals surface area contributed by atoms with Gasteiger partial charge in [-0.25, -0.2) is 9.97 Å². The van der Waals surface area contributed by atoms with Gasteiger partial charge >= 0.3 is 0 Å². The molecular weight excluding hydrogens is 352 g/mol. The van der Waals surface area contributed by atoms with Gasteiger partial charge in [0, 0.05) is 54.7 Å². The molecule has 1 atom stereocenters. The fourth-order valence-electron chi connectivity index (χ4n) is 3.74. The number of aryl methyl sites for hydroxylation is 1. The molecule has 7 nitrogen and oxygen atoms in total. The van der Waals surface area contributed by atoms with Crippen LogP contribution in [0, 0.1) is 13.8 Å². The van der Waals surface area contributed by atoms with Crippen molar-refractivity contribution in [3.63, 3.8) is 0 Å². The first kappa shape index (κ1) is 18.3. The second-order valence-corrected chi connectivity index (χ2v) is 7.27. The summed E-state index contributed by atoms with van der Waals surface area (Å²) in [6, 6.07) is 8.71. The van der Waals surface area contributed by atoms with Crippen molar-refractivity contribution in [2.45, 2.75) is 32.9 Å². The summed E-state index contributed by atoms with van der Waals surface area (Å²) in [5.74, 6) is 0.292. The Morgan fingerprint density at radius 3 is 2.96 bits per heavy atom. The SMILES string of the molecule is Cc1nc(C(N)=O)nc(N2CC[C@@H](NCc3cccc4ccncc34)C2)c1C. The number of carbonyl (C=O) groups excluding carboxylic acids is 1. The van der Waals surface area contributed by atoms with Gasteiger partial charge in [-0.3, -0.25) is 9.78 Å². The molecule has 1 fully saturated rings. The van der Waals surface area contributed by atoms with E-state index < -0.39 is 5.91 Å². The predicted octanol–water partition coefficient (Wildman–Crippen LogP) is 2.11. The highest BCUT2D eigenvalue weighted by molar-refractivity contribution is 5.89. The number of nitrogens with two attached hydrogens (primary N) is 1. The van der Waals surface area contributed by atoms with Crippen LogP contribution in [0.25, 0.3) is 10.8 Å². The monoisotopic (exact) mass is 376 g/mol. The Morgan fingerprint density at radius 2 is 2.14 bits per heavy atom. The Balaban J connectivity index is 1.47. The molecule has 0 unspecified atom stereocenters.